The minimum Gasteiger partial charge on any atom is -0.384 e. The van der Waals surface area contributed by atoms with Crippen molar-refractivity contribution in [2.45, 2.75) is 51.5 Å². The van der Waals surface area contributed by atoms with Gasteiger partial charge in [-0.25, -0.2) is 9.97 Å². The maximum atomic E-state index is 6.29. The first-order valence-electron chi connectivity index (χ1n) is 11.5. The number of aryl methyl sites for hydroxylation is 4. The average Bonchev–Trinajstić information content (AvgIpc) is 3.15. The van der Waals surface area contributed by atoms with Gasteiger partial charge in [0.25, 0.3) is 0 Å². The van der Waals surface area contributed by atoms with Crippen LogP contribution >= 0.6 is 11.9 Å². The Hall–Kier alpha value is -2.61. The Kier molecular flexibility index (Phi) is 7.53. The Morgan fingerprint density at radius 1 is 1.06 bits per heavy atom. The summed E-state index contributed by atoms with van der Waals surface area (Å²) < 4.78 is 11.2. The molecule has 7 heteroatoms. The molecule has 2 aromatic heterocycles. The van der Waals surface area contributed by atoms with Crippen LogP contribution in [0.2, 0.25) is 0 Å². The molecule has 0 atom stereocenters. The molecule has 0 unspecified atom stereocenters. The number of nitrogen functional groups attached to an aromatic ring is 1. The molecule has 0 radical (unpaired) electrons. The molecule has 0 aliphatic rings. The molecule has 4 rings (SSSR count). The van der Waals surface area contributed by atoms with Crippen molar-refractivity contribution in [3.05, 3.63) is 58.9 Å². The number of para-hydroxylation sites is 1. The van der Waals surface area contributed by atoms with Crippen molar-refractivity contribution in [2.24, 2.45) is 0 Å². The van der Waals surface area contributed by atoms with Gasteiger partial charge in [0.15, 0.2) is 5.82 Å². The summed E-state index contributed by atoms with van der Waals surface area (Å²) in [5.41, 5.74) is 13.0. The topological polar surface area (TPSA) is 78.0 Å². The molecule has 0 bridgehead atoms. The third-order valence-electron chi connectivity index (χ3n) is 5.91. The third kappa shape index (κ3) is 5.16. The van der Waals surface area contributed by atoms with Crippen LogP contribution in [-0.2, 0) is 17.7 Å². The smallest absolute Gasteiger partial charge is 0.152 e. The first kappa shape index (κ1) is 23.5. The Morgan fingerprint density at radius 2 is 1.82 bits per heavy atom. The largest absolute Gasteiger partial charge is 0.384 e. The number of imidazole rings is 1. The molecule has 2 aromatic carbocycles. The highest BCUT2D eigenvalue weighted by molar-refractivity contribution is 7.97. The van der Waals surface area contributed by atoms with E-state index >= 15 is 0 Å². The number of hydrogen-bond acceptors (Lipinski definition) is 6. The summed E-state index contributed by atoms with van der Waals surface area (Å²) in [6.45, 7) is 8.97. The van der Waals surface area contributed by atoms with Gasteiger partial charge in [0.2, 0.25) is 0 Å². The molecule has 2 heterocycles. The van der Waals surface area contributed by atoms with Crippen molar-refractivity contribution in [3.63, 3.8) is 0 Å². The van der Waals surface area contributed by atoms with Crippen LogP contribution in [0.25, 0.3) is 21.9 Å². The predicted molar refractivity (Wildman–Crippen MR) is 139 cm³/mol. The summed E-state index contributed by atoms with van der Waals surface area (Å²) in [7, 11) is 1.72. The number of ether oxygens (including phenoxy) is 1. The zero-order chi connectivity index (χ0) is 23.4. The van der Waals surface area contributed by atoms with Crippen molar-refractivity contribution in [1.29, 1.82) is 0 Å². The molecule has 0 fully saturated rings. The van der Waals surface area contributed by atoms with Gasteiger partial charge in [-0.05, 0) is 62.8 Å². The van der Waals surface area contributed by atoms with Gasteiger partial charge in [0, 0.05) is 36.9 Å². The molecule has 6 nitrogen and oxygen atoms in total. The van der Waals surface area contributed by atoms with Crippen LogP contribution in [-0.4, -0.2) is 34.8 Å². The number of rotatable bonds is 10. The number of nitrogens with one attached hydrogen (secondary N) is 1. The number of nitrogens with zero attached hydrogens (tertiary/aromatic N) is 3. The van der Waals surface area contributed by atoms with Crippen LogP contribution in [0.5, 0.6) is 0 Å². The summed E-state index contributed by atoms with van der Waals surface area (Å²) in [6, 6.07) is 12.6. The lowest BCUT2D eigenvalue weighted by Gasteiger charge is -2.13. The number of anilines is 1. The molecular formula is C26H33N5OS. The lowest BCUT2D eigenvalue weighted by molar-refractivity contribution is 0.199. The number of nitrogens with two attached hydrogens (primary N) is 1. The van der Waals surface area contributed by atoms with Gasteiger partial charge >= 0.3 is 0 Å². The summed E-state index contributed by atoms with van der Waals surface area (Å²) in [5, 5.41) is 1.09. The minimum atomic E-state index is 0.489. The summed E-state index contributed by atoms with van der Waals surface area (Å²) in [4.78, 5) is 10.8. The fourth-order valence-electron chi connectivity index (χ4n) is 4.45. The monoisotopic (exact) mass is 463 g/mol. The number of aromatic nitrogens is 3. The third-order valence-corrected chi connectivity index (χ3v) is 7.11. The Bertz CT molecular complexity index is 1240. The van der Waals surface area contributed by atoms with Gasteiger partial charge in [0.05, 0.1) is 17.6 Å². The standard InChI is InChI=1S/C26H33N5OS/c1-17-15-18(2)25(19(3)16-17)33-28-12-7-8-13-31-22(11-14-32-4)30-23-24(31)20-9-5-6-10-21(20)29-26(23)27/h5-6,9-10,15-16,28H,7-8,11-14H2,1-4H3,(H2,27,29). The van der Waals surface area contributed by atoms with Gasteiger partial charge in [0.1, 0.15) is 11.3 Å². The van der Waals surface area contributed by atoms with Crippen molar-refractivity contribution in [1.82, 2.24) is 19.3 Å². The molecular weight excluding hydrogens is 430 g/mol. The number of benzene rings is 2. The van der Waals surface area contributed by atoms with E-state index < -0.39 is 0 Å². The Balaban J connectivity index is 1.46. The summed E-state index contributed by atoms with van der Waals surface area (Å²) in [5.74, 6) is 1.49. The van der Waals surface area contributed by atoms with E-state index in [9.17, 15) is 0 Å². The van der Waals surface area contributed by atoms with Crippen molar-refractivity contribution >= 4 is 39.7 Å². The normalized spacial score (nSPS) is 11.6. The number of fused-ring (bicyclic) bond motifs is 3. The van der Waals surface area contributed by atoms with Crippen LogP contribution in [0.1, 0.15) is 35.4 Å². The zero-order valence-electron chi connectivity index (χ0n) is 19.9. The molecule has 33 heavy (non-hydrogen) atoms. The van der Waals surface area contributed by atoms with E-state index in [4.69, 9.17) is 15.5 Å². The molecule has 4 aromatic rings. The van der Waals surface area contributed by atoms with Crippen LogP contribution in [0.4, 0.5) is 5.82 Å². The second kappa shape index (κ2) is 10.5. The van der Waals surface area contributed by atoms with Gasteiger partial charge in [-0.1, -0.05) is 35.9 Å². The lowest BCUT2D eigenvalue weighted by atomic mass is 10.1. The highest BCUT2D eigenvalue weighted by Gasteiger charge is 2.17. The highest BCUT2D eigenvalue weighted by atomic mass is 32.2. The van der Waals surface area contributed by atoms with Crippen molar-refractivity contribution < 1.29 is 4.74 Å². The van der Waals surface area contributed by atoms with E-state index in [-0.39, 0.29) is 0 Å². The molecule has 0 amide bonds. The predicted octanol–water partition coefficient (Wildman–Crippen LogP) is 5.36. The fraction of sp³-hybridized carbons (Fsp3) is 0.385. The first-order chi connectivity index (χ1) is 16.0. The van der Waals surface area contributed by atoms with E-state index in [1.807, 2.05) is 18.2 Å². The van der Waals surface area contributed by atoms with Gasteiger partial charge in [-0.15, -0.1) is 0 Å². The molecule has 0 aliphatic heterocycles. The van der Waals surface area contributed by atoms with Crippen LogP contribution in [0, 0.1) is 20.8 Å². The zero-order valence-corrected chi connectivity index (χ0v) is 20.8. The Labute approximate surface area is 200 Å². The van der Waals surface area contributed by atoms with E-state index in [1.54, 1.807) is 19.1 Å². The molecule has 0 aliphatic carbocycles. The summed E-state index contributed by atoms with van der Waals surface area (Å²) in [6.07, 6.45) is 2.86. The van der Waals surface area contributed by atoms with E-state index in [0.717, 1.165) is 60.1 Å². The van der Waals surface area contributed by atoms with Crippen molar-refractivity contribution in [3.8, 4) is 0 Å². The SMILES string of the molecule is COCCc1nc2c(N)nc3ccccc3c2n1CCCCNSc1c(C)cc(C)cc1C. The second-order valence-corrected chi connectivity index (χ2v) is 9.47. The van der Waals surface area contributed by atoms with Crippen molar-refractivity contribution in [2.75, 3.05) is 26.0 Å². The van der Waals surface area contributed by atoms with Crippen LogP contribution in [0.3, 0.4) is 0 Å². The number of hydrogen-bond donors (Lipinski definition) is 2. The first-order valence-corrected chi connectivity index (χ1v) is 12.3. The Morgan fingerprint density at radius 3 is 2.58 bits per heavy atom. The number of methoxy groups -OCH3 is 1. The maximum absolute atomic E-state index is 6.29. The van der Waals surface area contributed by atoms with Gasteiger partial charge in [-0.3, -0.25) is 4.72 Å². The fourth-order valence-corrected chi connectivity index (χ4v) is 5.28. The molecule has 0 spiro atoms. The second-order valence-electron chi connectivity index (χ2n) is 8.57. The molecule has 174 valence electrons. The number of unbranched alkanes of at least 4 members (excludes halogenated alkanes) is 1. The van der Waals surface area contributed by atoms with Crippen LogP contribution in [0.15, 0.2) is 41.3 Å². The lowest BCUT2D eigenvalue weighted by Crippen LogP contribution is -2.10. The average molecular weight is 464 g/mol. The van der Waals surface area contributed by atoms with Gasteiger partial charge in [-0.2, -0.15) is 0 Å². The quantitative estimate of drug-likeness (QED) is 0.244. The van der Waals surface area contributed by atoms with Crippen LogP contribution < -0.4 is 10.5 Å². The van der Waals surface area contributed by atoms with E-state index in [1.165, 1.54) is 21.6 Å². The molecule has 0 saturated heterocycles. The minimum absolute atomic E-state index is 0.489. The van der Waals surface area contributed by atoms with E-state index in [2.05, 4.69) is 53.2 Å². The molecule has 0 saturated carbocycles. The van der Waals surface area contributed by atoms with E-state index in [0.29, 0.717) is 12.4 Å². The maximum Gasteiger partial charge on any atom is 0.152 e. The summed E-state index contributed by atoms with van der Waals surface area (Å²) >= 11 is 1.74. The molecule has 3 N–H and O–H groups in total. The number of pyridine rings is 1. The highest BCUT2D eigenvalue weighted by Crippen LogP contribution is 2.29. The van der Waals surface area contributed by atoms with Gasteiger partial charge < -0.3 is 15.0 Å².